The molecule has 2 aliphatic heterocycles. The van der Waals surface area contributed by atoms with E-state index in [-0.39, 0.29) is 34.3 Å². The molecule has 3 aromatic rings. The van der Waals surface area contributed by atoms with E-state index in [2.05, 4.69) is 4.98 Å². The Bertz CT molecular complexity index is 2010. The van der Waals surface area contributed by atoms with Crippen LogP contribution in [0.2, 0.25) is 10.0 Å². The number of hydrogen-bond donors (Lipinski definition) is 1. The van der Waals surface area contributed by atoms with Crippen molar-refractivity contribution in [2.24, 2.45) is 29.1 Å². The number of alkyl halides is 3. The first-order valence-corrected chi connectivity index (χ1v) is 16.0. The highest BCUT2D eigenvalue weighted by Gasteiger charge is 2.68. The minimum atomic E-state index is -4.82. The molecule has 0 unspecified atom stereocenters. The number of hydrazine groups is 1. The number of phenols is 1. The van der Waals surface area contributed by atoms with Crippen molar-refractivity contribution in [3.05, 3.63) is 93.4 Å². The van der Waals surface area contributed by atoms with Gasteiger partial charge in [0.1, 0.15) is 17.3 Å². The van der Waals surface area contributed by atoms with Gasteiger partial charge in [0.2, 0.25) is 11.8 Å². The van der Waals surface area contributed by atoms with Gasteiger partial charge >= 0.3 is 6.18 Å². The summed E-state index contributed by atoms with van der Waals surface area (Å²) in [5, 5.41) is 11.6. The van der Waals surface area contributed by atoms with Crippen LogP contribution in [0, 0.1) is 34.9 Å². The minimum absolute atomic E-state index is 0.0199. The van der Waals surface area contributed by atoms with Gasteiger partial charge in [0.05, 0.1) is 38.9 Å². The lowest BCUT2D eigenvalue weighted by Gasteiger charge is -2.49. The Hall–Kier alpha value is -4.49. The number of aromatic hydroxyl groups is 1. The first-order valence-electron chi connectivity index (χ1n) is 15.2. The fraction of sp³-hybridized carbons (Fsp3) is 0.324. The SMILES string of the molecule is CN(c1nc(C(F)(F)F)ccc1Cl)N1C(=O)[C@H]2[C@H](CC=C3[C@H]2C[C@H]2C(=O)N(c4ccc(F)c(Cl)c4)C(=O)[C@@]2(C)[C@H]3c2cccc(O)c2)C1=O. The number of pyridine rings is 1. The molecule has 1 aromatic heterocycles. The minimum Gasteiger partial charge on any atom is -0.508 e. The molecule has 2 aliphatic carbocycles. The quantitative estimate of drug-likeness (QED) is 0.186. The lowest BCUT2D eigenvalue weighted by molar-refractivity contribution is -0.141. The number of benzene rings is 2. The second kappa shape index (κ2) is 11.3. The van der Waals surface area contributed by atoms with E-state index in [1.165, 1.54) is 31.3 Å². The molecule has 2 saturated heterocycles. The number of carbonyl (C=O) groups is 4. The zero-order valence-corrected chi connectivity index (χ0v) is 27.2. The van der Waals surface area contributed by atoms with Gasteiger partial charge in [0, 0.05) is 13.0 Å². The Balaban J connectivity index is 1.32. The van der Waals surface area contributed by atoms with Crippen molar-refractivity contribution in [1.29, 1.82) is 0 Å². The molecule has 9 nitrogen and oxygen atoms in total. The van der Waals surface area contributed by atoms with Crippen LogP contribution in [-0.4, -0.2) is 45.8 Å². The van der Waals surface area contributed by atoms with Crippen LogP contribution in [0.3, 0.4) is 0 Å². The number of halogens is 6. The molecule has 4 amide bonds. The van der Waals surface area contributed by atoms with Gasteiger partial charge in [-0.3, -0.25) is 24.2 Å². The third kappa shape index (κ3) is 4.84. The van der Waals surface area contributed by atoms with Crippen molar-refractivity contribution in [1.82, 2.24) is 9.99 Å². The van der Waals surface area contributed by atoms with Gasteiger partial charge in [0.25, 0.3) is 11.8 Å². The van der Waals surface area contributed by atoms with E-state index in [1.807, 2.05) is 0 Å². The summed E-state index contributed by atoms with van der Waals surface area (Å²) in [6.45, 7) is 1.64. The van der Waals surface area contributed by atoms with Gasteiger partial charge < -0.3 is 5.11 Å². The number of imide groups is 2. The van der Waals surface area contributed by atoms with Gasteiger partial charge in [-0.25, -0.2) is 14.3 Å². The molecule has 254 valence electrons. The summed E-state index contributed by atoms with van der Waals surface area (Å²) in [4.78, 5) is 61.4. The van der Waals surface area contributed by atoms with Gasteiger partial charge in [-0.2, -0.15) is 18.2 Å². The van der Waals surface area contributed by atoms with E-state index in [4.69, 9.17) is 23.2 Å². The number of anilines is 2. The number of rotatable bonds is 4. The van der Waals surface area contributed by atoms with Gasteiger partial charge in [0.15, 0.2) is 5.82 Å². The molecule has 0 spiro atoms. The van der Waals surface area contributed by atoms with Crippen molar-refractivity contribution < 1.29 is 41.8 Å². The first kappa shape index (κ1) is 33.0. The van der Waals surface area contributed by atoms with Crippen LogP contribution in [-0.2, 0) is 25.4 Å². The number of hydrogen-bond acceptors (Lipinski definition) is 7. The van der Waals surface area contributed by atoms with Crippen LogP contribution in [0.4, 0.5) is 29.1 Å². The highest BCUT2D eigenvalue weighted by molar-refractivity contribution is 6.33. The molecule has 0 bridgehead atoms. The molecule has 4 aliphatic rings. The Kier molecular flexibility index (Phi) is 7.60. The zero-order chi connectivity index (χ0) is 35.3. The fourth-order valence-electron chi connectivity index (χ4n) is 8.16. The average molecular weight is 718 g/mol. The van der Waals surface area contributed by atoms with E-state index < -0.39 is 82.1 Å². The molecule has 1 N–H and O–H groups in total. The standard InChI is InChI=1S/C34H26Cl2F4N4O5/c1-33-21(30(47)43(32(33)49)16-6-10-24(37)23(36)13-16)14-20-18(27(33)15-4-3-5-17(45)12-15)7-8-19-26(20)31(48)44(29(19)46)42(2)28-22(35)9-11-25(41-28)34(38,39)40/h3-7,9-13,19-21,26-27,45H,8,14H2,1-2H3/t19-,20+,21-,26-,27-,33+/m0/s1. The zero-order valence-electron chi connectivity index (χ0n) is 25.7. The average Bonchev–Trinajstić information content (AvgIpc) is 3.41. The maximum atomic E-state index is 14.4. The normalized spacial score (nSPS) is 28.0. The molecule has 7 rings (SSSR count). The summed E-state index contributed by atoms with van der Waals surface area (Å²) in [6.07, 6.45) is -3.00. The number of nitrogens with zero attached hydrogens (tertiary/aromatic N) is 4. The van der Waals surface area contributed by atoms with Crippen molar-refractivity contribution >= 4 is 58.3 Å². The summed E-state index contributed by atoms with van der Waals surface area (Å²) in [6, 6.07) is 11.4. The van der Waals surface area contributed by atoms with Crippen LogP contribution >= 0.6 is 23.2 Å². The fourth-order valence-corrected chi connectivity index (χ4v) is 8.56. The summed E-state index contributed by atoms with van der Waals surface area (Å²) in [7, 11) is 1.22. The topological polar surface area (TPSA) is 111 Å². The van der Waals surface area contributed by atoms with Crippen molar-refractivity contribution in [3.8, 4) is 5.75 Å². The number of phenolic OH excluding ortho intramolecular Hbond substituents is 1. The van der Waals surface area contributed by atoms with E-state index >= 15 is 0 Å². The lowest BCUT2D eigenvalue weighted by atomic mass is 9.51. The maximum absolute atomic E-state index is 14.4. The van der Waals surface area contributed by atoms with Crippen LogP contribution in [0.25, 0.3) is 0 Å². The highest BCUT2D eigenvalue weighted by atomic mass is 35.5. The lowest BCUT2D eigenvalue weighted by Crippen LogP contribution is -2.49. The summed E-state index contributed by atoms with van der Waals surface area (Å²) in [5.41, 5.74) is -1.53. The maximum Gasteiger partial charge on any atom is 0.433 e. The van der Waals surface area contributed by atoms with Crippen molar-refractivity contribution in [2.75, 3.05) is 17.0 Å². The van der Waals surface area contributed by atoms with Crippen LogP contribution in [0.5, 0.6) is 5.75 Å². The Morgan fingerprint density at radius 1 is 0.959 bits per heavy atom. The van der Waals surface area contributed by atoms with E-state index in [0.717, 1.165) is 27.1 Å². The largest absolute Gasteiger partial charge is 0.508 e. The van der Waals surface area contributed by atoms with Gasteiger partial charge in [-0.1, -0.05) is 47.0 Å². The molecular weight excluding hydrogens is 691 g/mol. The summed E-state index contributed by atoms with van der Waals surface area (Å²) < 4.78 is 54.6. The number of carbonyl (C=O) groups excluding carboxylic acids is 4. The molecule has 3 fully saturated rings. The summed E-state index contributed by atoms with van der Waals surface area (Å²) >= 11 is 12.2. The molecule has 0 radical (unpaired) electrons. The molecule has 49 heavy (non-hydrogen) atoms. The molecular formula is C34H26Cl2F4N4O5. The Labute approximate surface area is 286 Å². The van der Waals surface area contributed by atoms with Crippen molar-refractivity contribution in [3.63, 3.8) is 0 Å². The third-order valence-corrected chi connectivity index (χ3v) is 10.9. The predicted octanol–water partition coefficient (Wildman–Crippen LogP) is 6.53. The first-order chi connectivity index (χ1) is 23.0. The molecule has 1 saturated carbocycles. The molecule has 2 aromatic carbocycles. The molecule has 6 atom stereocenters. The highest BCUT2D eigenvalue weighted by Crippen LogP contribution is 2.64. The van der Waals surface area contributed by atoms with Crippen LogP contribution in [0.15, 0.2) is 66.2 Å². The third-order valence-electron chi connectivity index (χ3n) is 10.3. The van der Waals surface area contributed by atoms with Crippen molar-refractivity contribution in [2.45, 2.75) is 31.9 Å². The number of aromatic nitrogens is 1. The summed E-state index contributed by atoms with van der Waals surface area (Å²) in [5.74, 6) is -8.46. The van der Waals surface area contributed by atoms with E-state index in [9.17, 15) is 41.8 Å². The molecule has 3 heterocycles. The number of fused-ring (bicyclic) bond motifs is 4. The Morgan fingerprint density at radius 3 is 2.37 bits per heavy atom. The number of allylic oxidation sites excluding steroid dienone is 2. The Morgan fingerprint density at radius 2 is 1.69 bits per heavy atom. The van der Waals surface area contributed by atoms with Crippen LogP contribution < -0.4 is 9.91 Å². The van der Waals surface area contributed by atoms with Gasteiger partial charge in [-0.05, 0) is 73.7 Å². The predicted molar refractivity (Wildman–Crippen MR) is 169 cm³/mol. The number of amides is 4. The monoisotopic (exact) mass is 716 g/mol. The van der Waals surface area contributed by atoms with Gasteiger partial charge in [-0.15, -0.1) is 0 Å². The van der Waals surface area contributed by atoms with E-state index in [1.54, 1.807) is 25.1 Å². The van der Waals surface area contributed by atoms with Crippen LogP contribution in [0.1, 0.15) is 36.9 Å². The second-order valence-corrected chi connectivity index (χ2v) is 13.7. The second-order valence-electron chi connectivity index (χ2n) is 12.9. The smallest absolute Gasteiger partial charge is 0.433 e. The van der Waals surface area contributed by atoms with E-state index in [0.29, 0.717) is 17.2 Å². The molecule has 15 heteroatoms.